The number of nitrogens with zero attached hydrogens (tertiary/aromatic N) is 2. The van der Waals surface area contributed by atoms with Crippen molar-refractivity contribution in [3.63, 3.8) is 0 Å². The molecule has 0 amide bonds. The topological polar surface area (TPSA) is 142 Å². The van der Waals surface area contributed by atoms with Gasteiger partial charge in [0.25, 0.3) is 5.56 Å². The van der Waals surface area contributed by atoms with Crippen molar-refractivity contribution in [1.82, 2.24) is 9.55 Å². The van der Waals surface area contributed by atoms with Gasteiger partial charge in [0.2, 0.25) is 0 Å². The molecular formula is C17H14N2O7. The average Bonchev–Trinajstić information content (AvgIpc) is 2.56. The van der Waals surface area contributed by atoms with Crippen LogP contribution in [0, 0.1) is 0 Å². The minimum atomic E-state index is -1.26. The van der Waals surface area contributed by atoms with E-state index in [9.17, 15) is 24.9 Å². The number of phenols is 3. The number of aliphatic carboxylic acids is 1. The van der Waals surface area contributed by atoms with E-state index in [-0.39, 0.29) is 22.3 Å². The molecule has 0 saturated heterocycles. The van der Waals surface area contributed by atoms with Crippen LogP contribution in [0.25, 0.3) is 22.3 Å². The Labute approximate surface area is 146 Å². The van der Waals surface area contributed by atoms with Gasteiger partial charge < -0.3 is 25.2 Å². The molecule has 0 spiro atoms. The number of methoxy groups -OCH3 is 1. The molecule has 26 heavy (non-hydrogen) atoms. The van der Waals surface area contributed by atoms with Crippen molar-refractivity contribution in [2.75, 3.05) is 7.11 Å². The number of aromatic hydroxyl groups is 3. The van der Waals surface area contributed by atoms with Gasteiger partial charge in [0, 0.05) is 18.2 Å². The Balaban J connectivity index is 2.40. The number of fused-ring (bicyclic) bond motifs is 1. The summed E-state index contributed by atoms with van der Waals surface area (Å²) in [6, 6.07) is 6.44. The Morgan fingerprint density at radius 3 is 2.38 bits per heavy atom. The van der Waals surface area contributed by atoms with Crippen LogP contribution in [0.15, 0.2) is 35.1 Å². The summed E-state index contributed by atoms with van der Waals surface area (Å²) >= 11 is 0. The summed E-state index contributed by atoms with van der Waals surface area (Å²) in [5.74, 6) is -2.39. The van der Waals surface area contributed by atoms with E-state index in [2.05, 4.69) is 4.98 Å². The van der Waals surface area contributed by atoms with E-state index in [4.69, 9.17) is 9.84 Å². The molecule has 2 aromatic carbocycles. The number of hydrogen-bond donors (Lipinski definition) is 4. The highest BCUT2D eigenvalue weighted by Crippen LogP contribution is 2.38. The van der Waals surface area contributed by atoms with Crippen LogP contribution in [0.2, 0.25) is 0 Å². The van der Waals surface area contributed by atoms with Crippen LogP contribution in [0.1, 0.15) is 0 Å². The van der Waals surface area contributed by atoms with Crippen LogP contribution >= 0.6 is 0 Å². The molecule has 0 radical (unpaired) electrons. The second-order valence-corrected chi connectivity index (χ2v) is 5.46. The molecule has 0 atom stereocenters. The van der Waals surface area contributed by atoms with E-state index >= 15 is 0 Å². The average molecular weight is 358 g/mol. The molecule has 134 valence electrons. The number of rotatable bonds is 4. The van der Waals surface area contributed by atoms with Gasteiger partial charge in [-0.25, -0.2) is 4.98 Å². The second-order valence-electron chi connectivity index (χ2n) is 5.46. The molecule has 0 unspecified atom stereocenters. The summed E-state index contributed by atoms with van der Waals surface area (Å²) in [5.41, 5.74) is -1.00. The van der Waals surface area contributed by atoms with Gasteiger partial charge in [0.05, 0.1) is 23.7 Å². The first-order chi connectivity index (χ1) is 12.3. The van der Waals surface area contributed by atoms with Gasteiger partial charge in [0.1, 0.15) is 35.2 Å². The first-order valence-corrected chi connectivity index (χ1v) is 7.37. The molecule has 0 aliphatic heterocycles. The molecule has 0 aliphatic carbocycles. The van der Waals surface area contributed by atoms with Gasteiger partial charge in [-0.2, -0.15) is 0 Å². The van der Waals surface area contributed by atoms with Gasteiger partial charge in [-0.3, -0.25) is 14.2 Å². The predicted molar refractivity (Wildman–Crippen MR) is 90.6 cm³/mol. The molecule has 0 aliphatic rings. The Morgan fingerprint density at radius 2 is 1.81 bits per heavy atom. The first-order valence-electron chi connectivity index (χ1n) is 7.37. The van der Waals surface area contributed by atoms with Crippen molar-refractivity contribution in [1.29, 1.82) is 0 Å². The van der Waals surface area contributed by atoms with Gasteiger partial charge in [0.15, 0.2) is 0 Å². The van der Waals surface area contributed by atoms with Crippen molar-refractivity contribution < 1.29 is 30.0 Å². The van der Waals surface area contributed by atoms with Gasteiger partial charge in [-0.1, -0.05) is 0 Å². The Bertz CT molecular complexity index is 1070. The van der Waals surface area contributed by atoms with Gasteiger partial charge in [-0.15, -0.1) is 0 Å². The normalized spacial score (nSPS) is 10.8. The molecule has 0 bridgehead atoms. The molecule has 4 N–H and O–H groups in total. The summed E-state index contributed by atoms with van der Waals surface area (Å²) < 4.78 is 6.04. The molecule has 1 heterocycles. The maximum Gasteiger partial charge on any atom is 0.323 e. The van der Waals surface area contributed by atoms with Crippen LogP contribution in [0.4, 0.5) is 0 Å². The fourth-order valence-electron chi connectivity index (χ4n) is 2.64. The first kappa shape index (κ1) is 17.1. The largest absolute Gasteiger partial charge is 0.508 e. The second kappa shape index (κ2) is 6.28. The molecular weight excluding hydrogens is 344 g/mol. The Hall–Kier alpha value is -3.75. The predicted octanol–water partition coefficient (Wildman–Crippen LogP) is 1.27. The van der Waals surface area contributed by atoms with E-state index < -0.39 is 35.3 Å². The zero-order valence-corrected chi connectivity index (χ0v) is 13.5. The van der Waals surface area contributed by atoms with Crippen LogP contribution in [-0.2, 0) is 11.3 Å². The van der Waals surface area contributed by atoms with Crippen LogP contribution in [0.5, 0.6) is 23.0 Å². The summed E-state index contributed by atoms with van der Waals surface area (Å²) in [4.78, 5) is 28.2. The number of benzene rings is 2. The summed E-state index contributed by atoms with van der Waals surface area (Å²) in [6.45, 7) is -0.655. The lowest BCUT2D eigenvalue weighted by Crippen LogP contribution is -2.27. The Morgan fingerprint density at radius 1 is 1.15 bits per heavy atom. The molecule has 9 heteroatoms. The van der Waals surface area contributed by atoms with Crippen LogP contribution in [-0.4, -0.2) is 43.1 Å². The molecule has 3 rings (SSSR count). The highest BCUT2D eigenvalue weighted by Gasteiger charge is 2.21. The van der Waals surface area contributed by atoms with E-state index in [0.717, 1.165) is 16.7 Å². The monoisotopic (exact) mass is 358 g/mol. The third-order valence-corrected chi connectivity index (χ3v) is 3.77. The van der Waals surface area contributed by atoms with Crippen molar-refractivity contribution in [2.45, 2.75) is 6.54 Å². The number of carboxylic acid groups (broad SMARTS) is 1. The third kappa shape index (κ3) is 2.86. The number of aromatic nitrogens is 2. The lowest BCUT2D eigenvalue weighted by atomic mass is 10.1. The SMILES string of the molecule is COc1ccc2nc(-c3c(O)cc(O)cc3O)c(=O)n(CC(=O)O)c2c1. The maximum atomic E-state index is 12.8. The minimum Gasteiger partial charge on any atom is -0.508 e. The molecule has 9 nitrogen and oxygen atoms in total. The number of phenolic OH excluding ortho intramolecular Hbond substituents is 3. The summed E-state index contributed by atoms with van der Waals surface area (Å²) in [6.07, 6.45) is 0. The Kier molecular flexibility index (Phi) is 4.13. The van der Waals surface area contributed by atoms with Crippen molar-refractivity contribution in [3.05, 3.63) is 40.7 Å². The number of carbonyl (C=O) groups is 1. The smallest absolute Gasteiger partial charge is 0.323 e. The highest BCUT2D eigenvalue weighted by atomic mass is 16.5. The van der Waals surface area contributed by atoms with E-state index in [1.54, 1.807) is 6.07 Å². The molecule has 0 saturated carbocycles. The van der Waals surface area contributed by atoms with E-state index in [1.165, 1.54) is 19.2 Å². The zero-order valence-electron chi connectivity index (χ0n) is 13.5. The fraction of sp³-hybridized carbons (Fsp3) is 0.118. The van der Waals surface area contributed by atoms with Crippen molar-refractivity contribution in [3.8, 4) is 34.3 Å². The quantitative estimate of drug-likeness (QED) is 0.546. The molecule has 0 fully saturated rings. The summed E-state index contributed by atoms with van der Waals surface area (Å²) in [5, 5.41) is 38.6. The van der Waals surface area contributed by atoms with Crippen molar-refractivity contribution in [2.24, 2.45) is 0 Å². The minimum absolute atomic E-state index is 0.221. The van der Waals surface area contributed by atoms with Crippen molar-refractivity contribution >= 4 is 17.0 Å². The summed E-state index contributed by atoms with van der Waals surface area (Å²) in [7, 11) is 1.43. The molecule has 3 aromatic rings. The lowest BCUT2D eigenvalue weighted by Gasteiger charge is -2.13. The maximum absolute atomic E-state index is 12.8. The lowest BCUT2D eigenvalue weighted by molar-refractivity contribution is -0.137. The number of ether oxygens (including phenoxy) is 1. The fourth-order valence-corrected chi connectivity index (χ4v) is 2.64. The third-order valence-electron chi connectivity index (χ3n) is 3.77. The number of carboxylic acids is 1. The van der Waals surface area contributed by atoms with E-state index in [0.29, 0.717) is 5.75 Å². The highest BCUT2D eigenvalue weighted by molar-refractivity contribution is 5.83. The van der Waals surface area contributed by atoms with Gasteiger partial charge >= 0.3 is 5.97 Å². The van der Waals surface area contributed by atoms with Gasteiger partial charge in [-0.05, 0) is 12.1 Å². The van der Waals surface area contributed by atoms with Crippen LogP contribution < -0.4 is 10.3 Å². The standard InChI is InChI=1S/C17H14N2O7/c1-26-9-2-3-10-11(6-9)19(7-14(23)24)17(25)16(18-10)15-12(21)4-8(20)5-13(15)22/h2-6,20-22H,7H2,1H3,(H,23,24). The zero-order chi connectivity index (χ0) is 19.0. The van der Waals surface area contributed by atoms with E-state index in [1.807, 2.05) is 0 Å². The number of hydrogen-bond acceptors (Lipinski definition) is 7. The molecule has 1 aromatic heterocycles. The van der Waals surface area contributed by atoms with Crippen LogP contribution in [0.3, 0.4) is 0 Å².